The number of aromatic nitrogens is 2. The molecule has 1 rings (SSSR count). The summed E-state index contributed by atoms with van der Waals surface area (Å²) in [5.74, 6) is -0.702. The molecule has 16 heavy (non-hydrogen) atoms. The molecule has 0 aromatic carbocycles. The maximum atomic E-state index is 12.2. The minimum atomic E-state index is -4.41. The Balaban J connectivity index is 2.74. The first-order valence-corrected chi connectivity index (χ1v) is 6.03. The predicted octanol–water partition coefficient (Wildman–Crippen LogP) is 1.94. The first-order chi connectivity index (χ1) is 7.44. The van der Waals surface area contributed by atoms with Crippen LogP contribution in [0.4, 0.5) is 13.2 Å². The second-order valence-corrected chi connectivity index (χ2v) is 4.39. The van der Waals surface area contributed by atoms with Gasteiger partial charge in [-0.2, -0.15) is 13.2 Å². The number of alkyl halides is 4. The van der Waals surface area contributed by atoms with E-state index >= 15 is 0 Å². The van der Waals surface area contributed by atoms with Crippen molar-refractivity contribution < 1.29 is 18.0 Å². The maximum Gasteiger partial charge on any atom is 0.406 e. The molecule has 0 radical (unpaired) electrons. The molecular formula is C7H7BrF3N3OS. The maximum absolute atomic E-state index is 12.2. The second-order valence-electron chi connectivity index (χ2n) is 2.81. The molecule has 0 spiro atoms. The first kappa shape index (κ1) is 13.4. The number of hydrogen-bond acceptors (Lipinski definition) is 4. The van der Waals surface area contributed by atoms with Crippen LogP contribution in [0.3, 0.4) is 0 Å². The molecule has 90 valence electrons. The third kappa shape index (κ3) is 4.05. The number of amides is 1. The minimum Gasteiger partial charge on any atom is -0.328 e. The zero-order chi connectivity index (χ0) is 12.2. The molecule has 1 amide bonds. The lowest BCUT2D eigenvalue weighted by Crippen LogP contribution is -2.39. The fourth-order valence-electron chi connectivity index (χ4n) is 0.988. The Morgan fingerprint density at radius 3 is 2.69 bits per heavy atom. The van der Waals surface area contributed by atoms with Crippen LogP contribution in [0.1, 0.15) is 9.67 Å². The van der Waals surface area contributed by atoms with Gasteiger partial charge in [0.1, 0.15) is 11.4 Å². The lowest BCUT2D eigenvalue weighted by molar-refractivity contribution is -0.140. The molecule has 0 N–H and O–H groups in total. The highest BCUT2D eigenvalue weighted by Crippen LogP contribution is 2.18. The summed E-state index contributed by atoms with van der Waals surface area (Å²) in [4.78, 5) is 12.4. The highest BCUT2D eigenvalue weighted by Gasteiger charge is 2.33. The standard InChI is InChI=1S/C7H7BrF3N3OS/c8-1-2-14(4-7(9,10)11)6(15)5-3-12-13-16-5/h3H,1-2,4H2. The smallest absolute Gasteiger partial charge is 0.328 e. The van der Waals surface area contributed by atoms with Gasteiger partial charge in [0.05, 0.1) is 6.20 Å². The lowest BCUT2D eigenvalue weighted by Gasteiger charge is -2.21. The Morgan fingerprint density at radius 2 is 2.25 bits per heavy atom. The van der Waals surface area contributed by atoms with Crippen molar-refractivity contribution in [2.24, 2.45) is 0 Å². The van der Waals surface area contributed by atoms with Crippen LogP contribution in [0.15, 0.2) is 6.20 Å². The number of hydrogen-bond donors (Lipinski definition) is 0. The van der Waals surface area contributed by atoms with Gasteiger partial charge in [-0.05, 0) is 11.5 Å². The van der Waals surface area contributed by atoms with Crippen LogP contribution in [-0.2, 0) is 0 Å². The van der Waals surface area contributed by atoms with E-state index < -0.39 is 18.6 Å². The van der Waals surface area contributed by atoms with Crippen LogP contribution < -0.4 is 0 Å². The first-order valence-electron chi connectivity index (χ1n) is 4.13. The summed E-state index contributed by atoms with van der Waals surface area (Å²) in [7, 11) is 0. The highest BCUT2D eigenvalue weighted by atomic mass is 79.9. The normalized spacial score (nSPS) is 11.5. The van der Waals surface area contributed by atoms with Crippen LogP contribution in [0.25, 0.3) is 0 Å². The van der Waals surface area contributed by atoms with Crippen molar-refractivity contribution in [2.45, 2.75) is 6.18 Å². The summed E-state index contributed by atoms with van der Waals surface area (Å²) in [5.41, 5.74) is 0. The van der Waals surface area contributed by atoms with Gasteiger partial charge in [-0.25, -0.2) is 0 Å². The van der Waals surface area contributed by atoms with Crippen LogP contribution in [0, 0.1) is 0 Å². The molecule has 0 aliphatic carbocycles. The van der Waals surface area contributed by atoms with Crippen LogP contribution >= 0.6 is 27.5 Å². The molecule has 0 fully saturated rings. The number of rotatable bonds is 4. The van der Waals surface area contributed by atoms with Crippen molar-refractivity contribution in [3.05, 3.63) is 11.1 Å². The van der Waals surface area contributed by atoms with E-state index in [2.05, 4.69) is 25.5 Å². The molecule has 0 saturated heterocycles. The molecule has 0 unspecified atom stereocenters. The molecule has 0 bridgehead atoms. The lowest BCUT2D eigenvalue weighted by atomic mass is 10.4. The van der Waals surface area contributed by atoms with Gasteiger partial charge in [-0.3, -0.25) is 4.79 Å². The zero-order valence-electron chi connectivity index (χ0n) is 7.87. The summed E-state index contributed by atoms with van der Waals surface area (Å²) < 4.78 is 40.0. The Hall–Kier alpha value is -0.700. The van der Waals surface area contributed by atoms with Crippen molar-refractivity contribution in [1.29, 1.82) is 0 Å². The predicted molar refractivity (Wildman–Crippen MR) is 55.7 cm³/mol. The van der Waals surface area contributed by atoms with Gasteiger partial charge in [0.15, 0.2) is 0 Å². The molecular weight excluding hydrogens is 311 g/mol. The van der Waals surface area contributed by atoms with E-state index in [0.717, 1.165) is 17.7 Å². The van der Waals surface area contributed by atoms with E-state index in [1.54, 1.807) is 0 Å². The van der Waals surface area contributed by atoms with Gasteiger partial charge in [-0.15, -0.1) is 5.10 Å². The minimum absolute atomic E-state index is 0.0176. The number of carbonyl (C=O) groups excluding carboxylic acids is 1. The van der Waals surface area contributed by atoms with Crippen molar-refractivity contribution in [1.82, 2.24) is 14.5 Å². The molecule has 1 heterocycles. The molecule has 0 aliphatic rings. The number of halogens is 4. The molecule has 4 nitrogen and oxygen atoms in total. The third-order valence-electron chi connectivity index (χ3n) is 1.58. The molecule has 1 aromatic rings. The summed E-state index contributed by atoms with van der Waals surface area (Å²) in [6, 6.07) is 0. The Bertz CT molecular complexity index is 343. The van der Waals surface area contributed by atoms with Gasteiger partial charge in [-0.1, -0.05) is 20.4 Å². The molecule has 1 aromatic heterocycles. The van der Waals surface area contributed by atoms with Gasteiger partial charge in [0, 0.05) is 11.9 Å². The quantitative estimate of drug-likeness (QED) is 0.797. The second kappa shape index (κ2) is 5.58. The Labute approximate surface area is 102 Å². The van der Waals surface area contributed by atoms with Gasteiger partial charge >= 0.3 is 6.18 Å². The largest absolute Gasteiger partial charge is 0.406 e. The average Bonchev–Trinajstić information content (AvgIpc) is 2.66. The molecule has 9 heteroatoms. The van der Waals surface area contributed by atoms with E-state index in [4.69, 9.17) is 0 Å². The van der Waals surface area contributed by atoms with Crippen molar-refractivity contribution in [3.8, 4) is 0 Å². The SMILES string of the molecule is O=C(c1cnns1)N(CCBr)CC(F)(F)F. The van der Waals surface area contributed by atoms with E-state index in [0.29, 0.717) is 4.90 Å². The van der Waals surface area contributed by atoms with Crippen LogP contribution in [0.2, 0.25) is 0 Å². The summed E-state index contributed by atoms with van der Waals surface area (Å²) in [6.07, 6.45) is -3.25. The van der Waals surface area contributed by atoms with Crippen molar-refractivity contribution in [2.75, 3.05) is 18.4 Å². The van der Waals surface area contributed by atoms with Gasteiger partial charge < -0.3 is 4.90 Å². The highest BCUT2D eigenvalue weighted by molar-refractivity contribution is 9.09. The van der Waals surface area contributed by atoms with Crippen LogP contribution in [0.5, 0.6) is 0 Å². The monoisotopic (exact) mass is 317 g/mol. The Kier molecular flexibility index (Phi) is 4.66. The molecule has 0 saturated carbocycles. The zero-order valence-corrected chi connectivity index (χ0v) is 10.3. The van der Waals surface area contributed by atoms with E-state index in [1.165, 1.54) is 0 Å². The van der Waals surface area contributed by atoms with Gasteiger partial charge in [0.25, 0.3) is 5.91 Å². The van der Waals surface area contributed by atoms with E-state index in [-0.39, 0.29) is 16.8 Å². The molecule has 0 aliphatic heterocycles. The summed E-state index contributed by atoms with van der Waals surface area (Å²) in [6.45, 7) is -1.29. The van der Waals surface area contributed by atoms with E-state index in [1.807, 2.05) is 0 Å². The Morgan fingerprint density at radius 1 is 1.56 bits per heavy atom. The van der Waals surface area contributed by atoms with E-state index in [9.17, 15) is 18.0 Å². The van der Waals surface area contributed by atoms with Crippen molar-refractivity contribution in [3.63, 3.8) is 0 Å². The summed E-state index contributed by atoms with van der Waals surface area (Å²) in [5, 5.41) is 3.69. The third-order valence-corrected chi connectivity index (χ3v) is 2.59. The number of nitrogens with zero attached hydrogens (tertiary/aromatic N) is 3. The molecule has 0 atom stereocenters. The van der Waals surface area contributed by atoms with Gasteiger partial charge in [0.2, 0.25) is 0 Å². The average molecular weight is 318 g/mol. The topological polar surface area (TPSA) is 46.1 Å². The van der Waals surface area contributed by atoms with Crippen LogP contribution in [-0.4, -0.2) is 45.0 Å². The van der Waals surface area contributed by atoms with Crippen molar-refractivity contribution >= 4 is 33.4 Å². The summed E-state index contributed by atoms with van der Waals surface area (Å²) >= 11 is 3.78. The fourth-order valence-corrected chi connectivity index (χ4v) is 1.90. The fraction of sp³-hybridized carbons (Fsp3) is 0.571. The number of carbonyl (C=O) groups is 1.